The Labute approximate surface area is 60.1 Å². The van der Waals surface area contributed by atoms with E-state index >= 15 is 0 Å². The highest BCUT2D eigenvalue weighted by molar-refractivity contribution is 5.34. The Balaban J connectivity index is 2.89. The van der Waals surface area contributed by atoms with E-state index in [0.29, 0.717) is 5.69 Å². The van der Waals surface area contributed by atoms with E-state index in [1.54, 1.807) is 12.3 Å². The van der Waals surface area contributed by atoms with Crippen LogP contribution in [0.25, 0.3) is 0 Å². The Kier molecular flexibility index (Phi) is 1.87. The van der Waals surface area contributed by atoms with Crippen molar-refractivity contribution in [3.63, 3.8) is 0 Å². The van der Waals surface area contributed by atoms with Gasteiger partial charge in [0, 0.05) is 6.04 Å². The highest BCUT2D eigenvalue weighted by Crippen LogP contribution is 2.06. The average Bonchev–Trinajstić information content (AvgIpc) is 1.88. The molecule has 1 aromatic heterocycles. The van der Waals surface area contributed by atoms with Crippen LogP contribution in [-0.2, 0) is 0 Å². The molecule has 0 fully saturated rings. The molecule has 0 saturated heterocycles. The third-order valence-corrected chi connectivity index (χ3v) is 1.28. The van der Waals surface area contributed by atoms with E-state index in [1.165, 1.54) is 0 Å². The molecule has 0 spiro atoms. The molecule has 1 unspecified atom stereocenters. The number of anilines is 1. The van der Waals surface area contributed by atoms with Gasteiger partial charge >= 0.3 is 0 Å². The summed E-state index contributed by atoms with van der Waals surface area (Å²) < 4.78 is 0. The van der Waals surface area contributed by atoms with Crippen LogP contribution in [0.4, 0.5) is 5.69 Å². The summed E-state index contributed by atoms with van der Waals surface area (Å²) in [6.45, 7) is 1.89. The number of hydrogen-bond acceptors (Lipinski definition) is 3. The first-order valence-electron chi connectivity index (χ1n) is 3.17. The van der Waals surface area contributed by atoms with Crippen LogP contribution in [-0.4, -0.2) is 4.98 Å². The number of rotatable bonds is 1. The van der Waals surface area contributed by atoms with Crippen molar-refractivity contribution < 1.29 is 0 Å². The van der Waals surface area contributed by atoms with Crippen molar-refractivity contribution in [2.75, 3.05) is 5.73 Å². The Hall–Kier alpha value is -1.09. The van der Waals surface area contributed by atoms with Gasteiger partial charge in [0.05, 0.1) is 17.6 Å². The van der Waals surface area contributed by atoms with Crippen molar-refractivity contribution in [1.29, 1.82) is 0 Å². The van der Waals surface area contributed by atoms with Crippen molar-refractivity contribution in [2.45, 2.75) is 13.0 Å². The fourth-order valence-corrected chi connectivity index (χ4v) is 0.686. The number of nitrogen functional groups attached to an aromatic ring is 1. The second kappa shape index (κ2) is 2.66. The van der Waals surface area contributed by atoms with Crippen LogP contribution in [0.15, 0.2) is 18.3 Å². The third kappa shape index (κ3) is 1.45. The van der Waals surface area contributed by atoms with Crippen molar-refractivity contribution in [1.82, 2.24) is 4.98 Å². The minimum absolute atomic E-state index is 0.0133. The van der Waals surface area contributed by atoms with Crippen LogP contribution in [0.5, 0.6) is 0 Å². The molecule has 1 atom stereocenters. The number of nitrogens with zero attached hydrogens (tertiary/aromatic N) is 1. The summed E-state index contributed by atoms with van der Waals surface area (Å²) in [6.07, 6.45) is 1.61. The molecule has 10 heavy (non-hydrogen) atoms. The van der Waals surface area contributed by atoms with Gasteiger partial charge in [-0.3, -0.25) is 4.98 Å². The minimum Gasteiger partial charge on any atom is -0.397 e. The largest absolute Gasteiger partial charge is 0.397 e. The van der Waals surface area contributed by atoms with Gasteiger partial charge in [-0.1, -0.05) is 0 Å². The molecule has 3 nitrogen and oxygen atoms in total. The summed E-state index contributed by atoms with van der Waals surface area (Å²) in [4.78, 5) is 4.03. The van der Waals surface area contributed by atoms with E-state index in [-0.39, 0.29) is 6.04 Å². The molecule has 0 aliphatic carbocycles. The summed E-state index contributed by atoms with van der Waals surface area (Å²) in [6, 6.07) is 3.62. The molecule has 0 amide bonds. The molecule has 1 rings (SSSR count). The summed E-state index contributed by atoms with van der Waals surface area (Å²) in [7, 11) is 0. The fourth-order valence-electron chi connectivity index (χ4n) is 0.686. The van der Waals surface area contributed by atoms with Crippen LogP contribution >= 0.6 is 0 Å². The van der Waals surface area contributed by atoms with Crippen molar-refractivity contribution in [2.24, 2.45) is 5.73 Å². The van der Waals surface area contributed by atoms with Gasteiger partial charge < -0.3 is 11.5 Å². The maximum absolute atomic E-state index is 5.56. The molecule has 4 N–H and O–H groups in total. The number of pyridine rings is 1. The molecule has 0 bridgehead atoms. The zero-order valence-electron chi connectivity index (χ0n) is 5.91. The molecule has 0 aliphatic rings. The summed E-state index contributed by atoms with van der Waals surface area (Å²) in [5, 5.41) is 0. The maximum atomic E-state index is 5.56. The quantitative estimate of drug-likeness (QED) is 0.598. The average molecular weight is 137 g/mol. The van der Waals surface area contributed by atoms with E-state index in [2.05, 4.69) is 4.98 Å². The number of aromatic nitrogens is 1. The fraction of sp³-hybridized carbons (Fsp3) is 0.286. The van der Waals surface area contributed by atoms with E-state index in [0.717, 1.165) is 5.69 Å². The van der Waals surface area contributed by atoms with Gasteiger partial charge in [0.1, 0.15) is 0 Å². The zero-order valence-corrected chi connectivity index (χ0v) is 5.91. The Bertz CT molecular complexity index is 203. The molecule has 1 aromatic rings. The van der Waals surface area contributed by atoms with Gasteiger partial charge in [0.2, 0.25) is 0 Å². The van der Waals surface area contributed by atoms with Gasteiger partial charge in [-0.2, -0.15) is 0 Å². The number of nitrogens with two attached hydrogens (primary N) is 2. The predicted molar refractivity (Wildman–Crippen MR) is 41.3 cm³/mol. The second-order valence-corrected chi connectivity index (χ2v) is 2.31. The Morgan fingerprint density at radius 1 is 1.50 bits per heavy atom. The summed E-state index contributed by atoms with van der Waals surface area (Å²) >= 11 is 0. The lowest BCUT2D eigenvalue weighted by Crippen LogP contribution is -2.06. The first kappa shape index (κ1) is 7.02. The summed E-state index contributed by atoms with van der Waals surface area (Å²) in [5.41, 5.74) is 12.5. The zero-order chi connectivity index (χ0) is 7.56. The Morgan fingerprint density at radius 2 is 2.20 bits per heavy atom. The first-order chi connectivity index (χ1) is 4.70. The van der Waals surface area contributed by atoms with Crippen LogP contribution in [0, 0.1) is 0 Å². The highest BCUT2D eigenvalue weighted by Gasteiger charge is 1.97. The molecule has 0 saturated carbocycles. The minimum atomic E-state index is -0.0133. The van der Waals surface area contributed by atoms with E-state index in [4.69, 9.17) is 11.5 Å². The molecular formula is C7H11N3. The molecule has 54 valence electrons. The molecule has 0 radical (unpaired) electrons. The SMILES string of the molecule is CC(N)c1ccc(N)cn1. The van der Waals surface area contributed by atoms with Gasteiger partial charge in [-0.05, 0) is 19.1 Å². The predicted octanol–water partition coefficient (Wildman–Crippen LogP) is 0.684. The molecule has 0 aliphatic heterocycles. The smallest absolute Gasteiger partial charge is 0.0569 e. The van der Waals surface area contributed by atoms with Crippen LogP contribution in [0.2, 0.25) is 0 Å². The van der Waals surface area contributed by atoms with Crippen LogP contribution in [0.3, 0.4) is 0 Å². The van der Waals surface area contributed by atoms with Gasteiger partial charge in [0.15, 0.2) is 0 Å². The summed E-state index contributed by atoms with van der Waals surface area (Å²) in [5.74, 6) is 0. The molecule has 0 aromatic carbocycles. The lowest BCUT2D eigenvalue weighted by atomic mass is 10.2. The van der Waals surface area contributed by atoms with Crippen molar-refractivity contribution >= 4 is 5.69 Å². The van der Waals surface area contributed by atoms with Gasteiger partial charge in [0.25, 0.3) is 0 Å². The Morgan fingerprint density at radius 3 is 2.60 bits per heavy atom. The highest BCUT2D eigenvalue weighted by atomic mass is 14.8. The van der Waals surface area contributed by atoms with Gasteiger partial charge in [-0.15, -0.1) is 0 Å². The lowest BCUT2D eigenvalue weighted by molar-refractivity contribution is 0.782. The van der Waals surface area contributed by atoms with E-state index in [1.807, 2.05) is 13.0 Å². The van der Waals surface area contributed by atoms with E-state index in [9.17, 15) is 0 Å². The second-order valence-electron chi connectivity index (χ2n) is 2.31. The van der Waals surface area contributed by atoms with Crippen molar-refractivity contribution in [3.8, 4) is 0 Å². The van der Waals surface area contributed by atoms with Crippen LogP contribution < -0.4 is 11.5 Å². The maximum Gasteiger partial charge on any atom is 0.0569 e. The lowest BCUT2D eigenvalue weighted by Gasteiger charge is -2.02. The van der Waals surface area contributed by atoms with Crippen LogP contribution in [0.1, 0.15) is 18.7 Å². The van der Waals surface area contributed by atoms with E-state index < -0.39 is 0 Å². The van der Waals surface area contributed by atoms with Crippen molar-refractivity contribution in [3.05, 3.63) is 24.0 Å². The number of hydrogen-bond donors (Lipinski definition) is 2. The molecule has 1 heterocycles. The normalized spacial score (nSPS) is 13.0. The third-order valence-electron chi connectivity index (χ3n) is 1.28. The standard InChI is InChI=1S/C7H11N3/c1-5(8)7-3-2-6(9)4-10-7/h2-5H,8-9H2,1H3. The molecule has 3 heteroatoms. The topological polar surface area (TPSA) is 64.9 Å². The molecular weight excluding hydrogens is 126 g/mol. The monoisotopic (exact) mass is 137 g/mol. The first-order valence-corrected chi connectivity index (χ1v) is 3.17. The van der Waals surface area contributed by atoms with Gasteiger partial charge in [-0.25, -0.2) is 0 Å².